The number of H-pyrrole nitrogens is 1. The van der Waals surface area contributed by atoms with E-state index in [1.165, 1.54) is 5.56 Å². The lowest BCUT2D eigenvalue weighted by Gasteiger charge is -2.01. The molecule has 0 amide bonds. The van der Waals surface area contributed by atoms with Crippen molar-refractivity contribution in [3.63, 3.8) is 0 Å². The number of thiol groups is 1. The zero-order valence-electron chi connectivity index (χ0n) is 7.21. The molecule has 0 bridgehead atoms. The summed E-state index contributed by atoms with van der Waals surface area (Å²) in [4.78, 5) is 3.04. The maximum Gasteiger partial charge on any atom is 0.00378 e. The Morgan fingerprint density at radius 2 is 2.33 bits per heavy atom. The zero-order chi connectivity index (χ0) is 8.65. The smallest absolute Gasteiger partial charge is 0.00378 e. The van der Waals surface area contributed by atoms with Crippen LogP contribution in [0.2, 0.25) is 0 Å². The van der Waals surface area contributed by atoms with Crippen LogP contribution in [0.25, 0.3) is 0 Å². The molecule has 0 aliphatic rings. The SMILES string of the molecule is SCCCNCCc1cc[nH]c1. The molecule has 3 heteroatoms. The lowest BCUT2D eigenvalue weighted by Crippen LogP contribution is -2.18. The van der Waals surface area contributed by atoms with E-state index in [-0.39, 0.29) is 0 Å². The van der Waals surface area contributed by atoms with Crippen molar-refractivity contribution in [3.05, 3.63) is 24.0 Å². The third-order valence-electron chi connectivity index (χ3n) is 1.76. The molecule has 2 nitrogen and oxygen atoms in total. The number of nitrogens with one attached hydrogen (secondary N) is 2. The molecule has 0 aromatic carbocycles. The van der Waals surface area contributed by atoms with Gasteiger partial charge in [-0.05, 0) is 43.3 Å². The van der Waals surface area contributed by atoms with Crippen molar-refractivity contribution in [1.82, 2.24) is 10.3 Å². The highest BCUT2D eigenvalue weighted by atomic mass is 32.1. The third-order valence-corrected chi connectivity index (χ3v) is 2.08. The molecule has 1 rings (SSSR count). The molecular weight excluding hydrogens is 168 g/mol. The fraction of sp³-hybridized carbons (Fsp3) is 0.556. The van der Waals surface area contributed by atoms with Crippen molar-refractivity contribution >= 4 is 12.6 Å². The Balaban J connectivity index is 1.96. The van der Waals surface area contributed by atoms with Crippen LogP contribution in [0, 0.1) is 0 Å². The van der Waals surface area contributed by atoms with Crippen molar-refractivity contribution in [2.24, 2.45) is 0 Å². The Hall–Kier alpha value is -0.410. The number of aromatic nitrogens is 1. The van der Waals surface area contributed by atoms with E-state index in [0.717, 1.165) is 31.7 Å². The fourth-order valence-electron chi connectivity index (χ4n) is 1.08. The summed E-state index contributed by atoms with van der Waals surface area (Å²) in [6.07, 6.45) is 6.26. The normalized spacial score (nSPS) is 10.4. The second kappa shape index (κ2) is 6.14. The Bertz CT molecular complexity index is 184. The molecular formula is C9H16N2S. The van der Waals surface area contributed by atoms with Crippen LogP contribution in [0.3, 0.4) is 0 Å². The van der Waals surface area contributed by atoms with E-state index in [0.29, 0.717) is 0 Å². The predicted molar refractivity (Wildman–Crippen MR) is 55.8 cm³/mol. The minimum Gasteiger partial charge on any atom is -0.367 e. The first-order chi connectivity index (χ1) is 5.93. The summed E-state index contributed by atoms with van der Waals surface area (Å²) >= 11 is 4.14. The largest absolute Gasteiger partial charge is 0.367 e. The first-order valence-electron chi connectivity index (χ1n) is 4.36. The highest BCUT2D eigenvalue weighted by Crippen LogP contribution is 1.95. The van der Waals surface area contributed by atoms with E-state index in [1.54, 1.807) is 0 Å². The molecule has 2 N–H and O–H groups in total. The molecule has 0 atom stereocenters. The molecule has 68 valence electrons. The second-order valence-electron chi connectivity index (χ2n) is 2.80. The van der Waals surface area contributed by atoms with Gasteiger partial charge in [0.15, 0.2) is 0 Å². The van der Waals surface area contributed by atoms with Crippen LogP contribution in [0.1, 0.15) is 12.0 Å². The molecule has 0 saturated carbocycles. The van der Waals surface area contributed by atoms with Crippen LogP contribution in [0.4, 0.5) is 0 Å². The molecule has 0 saturated heterocycles. The van der Waals surface area contributed by atoms with E-state index < -0.39 is 0 Å². The standard InChI is InChI=1S/C9H16N2S/c12-7-1-4-10-5-2-9-3-6-11-8-9/h3,6,8,10-12H,1-2,4-5,7H2. The Labute approximate surface area is 79.2 Å². The first kappa shape index (κ1) is 9.68. The van der Waals surface area contributed by atoms with Gasteiger partial charge in [-0.2, -0.15) is 12.6 Å². The number of aromatic amines is 1. The van der Waals surface area contributed by atoms with Gasteiger partial charge in [-0.25, -0.2) is 0 Å². The van der Waals surface area contributed by atoms with Crippen molar-refractivity contribution in [1.29, 1.82) is 0 Å². The maximum absolute atomic E-state index is 4.14. The van der Waals surface area contributed by atoms with Crippen LogP contribution in [0.5, 0.6) is 0 Å². The minimum absolute atomic E-state index is 0.969. The average Bonchev–Trinajstić information content (AvgIpc) is 2.57. The van der Waals surface area contributed by atoms with Gasteiger partial charge in [0.05, 0.1) is 0 Å². The van der Waals surface area contributed by atoms with Gasteiger partial charge in [0, 0.05) is 12.4 Å². The second-order valence-corrected chi connectivity index (χ2v) is 3.24. The van der Waals surface area contributed by atoms with Gasteiger partial charge in [0.25, 0.3) is 0 Å². The summed E-state index contributed by atoms with van der Waals surface area (Å²) in [6.45, 7) is 2.14. The summed E-state index contributed by atoms with van der Waals surface area (Å²) in [5, 5.41) is 3.36. The zero-order valence-corrected chi connectivity index (χ0v) is 8.11. The van der Waals surface area contributed by atoms with E-state index in [4.69, 9.17) is 0 Å². The Morgan fingerprint density at radius 1 is 1.42 bits per heavy atom. The quantitative estimate of drug-likeness (QED) is 0.453. The first-order valence-corrected chi connectivity index (χ1v) is 5.00. The molecule has 0 unspecified atom stereocenters. The van der Waals surface area contributed by atoms with Crippen LogP contribution < -0.4 is 5.32 Å². The third kappa shape index (κ3) is 3.83. The van der Waals surface area contributed by atoms with Crippen molar-refractivity contribution < 1.29 is 0 Å². The lowest BCUT2D eigenvalue weighted by molar-refractivity contribution is 0.675. The Kier molecular flexibility index (Phi) is 4.95. The molecule has 1 aromatic heterocycles. The van der Waals surface area contributed by atoms with Crippen LogP contribution >= 0.6 is 12.6 Å². The highest BCUT2D eigenvalue weighted by Gasteiger charge is 1.91. The van der Waals surface area contributed by atoms with E-state index in [2.05, 4.69) is 29.0 Å². The van der Waals surface area contributed by atoms with E-state index >= 15 is 0 Å². The lowest BCUT2D eigenvalue weighted by atomic mass is 10.2. The van der Waals surface area contributed by atoms with Crippen molar-refractivity contribution in [2.45, 2.75) is 12.8 Å². The van der Waals surface area contributed by atoms with Gasteiger partial charge in [-0.15, -0.1) is 0 Å². The maximum atomic E-state index is 4.14. The van der Waals surface area contributed by atoms with E-state index in [1.807, 2.05) is 12.4 Å². The van der Waals surface area contributed by atoms with Crippen LogP contribution in [-0.4, -0.2) is 23.8 Å². The monoisotopic (exact) mass is 184 g/mol. The van der Waals surface area contributed by atoms with Crippen LogP contribution in [0.15, 0.2) is 18.5 Å². The Morgan fingerprint density at radius 3 is 3.00 bits per heavy atom. The number of hydrogen-bond donors (Lipinski definition) is 3. The van der Waals surface area contributed by atoms with Gasteiger partial charge in [0.1, 0.15) is 0 Å². The molecule has 1 aromatic rings. The van der Waals surface area contributed by atoms with Gasteiger partial charge in [-0.3, -0.25) is 0 Å². The summed E-state index contributed by atoms with van der Waals surface area (Å²) < 4.78 is 0. The summed E-state index contributed by atoms with van der Waals surface area (Å²) in [7, 11) is 0. The van der Waals surface area contributed by atoms with Gasteiger partial charge < -0.3 is 10.3 Å². The summed E-state index contributed by atoms with van der Waals surface area (Å²) in [5.74, 6) is 0.969. The van der Waals surface area contributed by atoms with Crippen LogP contribution in [-0.2, 0) is 6.42 Å². The topological polar surface area (TPSA) is 27.8 Å². The molecule has 0 aliphatic heterocycles. The molecule has 0 spiro atoms. The fourth-order valence-corrected chi connectivity index (χ4v) is 1.23. The summed E-state index contributed by atoms with van der Waals surface area (Å²) in [5.41, 5.74) is 1.37. The molecule has 1 heterocycles. The number of hydrogen-bond acceptors (Lipinski definition) is 2. The molecule has 0 aliphatic carbocycles. The predicted octanol–water partition coefficient (Wildman–Crippen LogP) is 1.47. The summed E-state index contributed by atoms with van der Waals surface area (Å²) in [6, 6.07) is 2.11. The minimum atomic E-state index is 0.969. The molecule has 0 fully saturated rings. The molecule has 0 radical (unpaired) electrons. The number of rotatable bonds is 6. The van der Waals surface area contributed by atoms with Crippen molar-refractivity contribution in [3.8, 4) is 0 Å². The average molecular weight is 184 g/mol. The van der Waals surface area contributed by atoms with Gasteiger partial charge >= 0.3 is 0 Å². The molecule has 12 heavy (non-hydrogen) atoms. The van der Waals surface area contributed by atoms with Crippen molar-refractivity contribution in [2.75, 3.05) is 18.8 Å². The highest BCUT2D eigenvalue weighted by molar-refractivity contribution is 7.80. The van der Waals surface area contributed by atoms with Gasteiger partial charge in [-0.1, -0.05) is 0 Å². The van der Waals surface area contributed by atoms with E-state index in [9.17, 15) is 0 Å². The van der Waals surface area contributed by atoms with Gasteiger partial charge in [0.2, 0.25) is 0 Å².